The Morgan fingerprint density at radius 2 is 1.81 bits per heavy atom. The summed E-state index contributed by atoms with van der Waals surface area (Å²) >= 11 is 0. The van der Waals surface area contributed by atoms with E-state index in [0.29, 0.717) is 24.2 Å². The van der Waals surface area contributed by atoms with Gasteiger partial charge in [-0.3, -0.25) is 14.4 Å². The highest BCUT2D eigenvalue weighted by atomic mass is 32.2. The minimum atomic E-state index is -3.82. The van der Waals surface area contributed by atoms with Gasteiger partial charge in [0.05, 0.1) is 4.90 Å². The van der Waals surface area contributed by atoms with Crippen LogP contribution in [0.2, 0.25) is 0 Å². The molecule has 0 unspecified atom stereocenters. The maximum absolute atomic E-state index is 12.9. The molecule has 2 aliphatic rings. The summed E-state index contributed by atoms with van der Waals surface area (Å²) in [7, 11) is -3.82. The molecule has 1 aliphatic carbocycles. The van der Waals surface area contributed by atoms with Gasteiger partial charge in [-0.15, -0.1) is 0 Å². The molecule has 2 aromatic rings. The number of nitrogens with zero attached hydrogens (tertiary/aromatic N) is 1. The molecule has 1 fully saturated rings. The molecule has 2 N–H and O–H groups in total. The number of hydrogen-bond donors (Lipinski definition) is 2. The first-order valence-electron chi connectivity index (χ1n) is 10.7. The van der Waals surface area contributed by atoms with E-state index >= 15 is 0 Å². The molecule has 1 aliphatic heterocycles. The zero-order valence-corrected chi connectivity index (χ0v) is 18.4. The van der Waals surface area contributed by atoms with Crippen LogP contribution in [0.15, 0.2) is 47.4 Å². The van der Waals surface area contributed by atoms with Gasteiger partial charge >= 0.3 is 6.03 Å². The molecule has 1 saturated carbocycles. The summed E-state index contributed by atoms with van der Waals surface area (Å²) in [5, 5.41) is 3.12. The van der Waals surface area contributed by atoms with E-state index in [0.717, 1.165) is 36.9 Å². The lowest BCUT2D eigenvalue weighted by Gasteiger charge is -2.26. The summed E-state index contributed by atoms with van der Waals surface area (Å²) in [4.78, 5) is 26.1. The van der Waals surface area contributed by atoms with Gasteiger partial charge in [0.25, 0.3) is 10.0 Å². The number of carbonyl (C=O) groups is 2. The van der Waals surface area contributed by atoms with Crippen molar-refractivity contribution in [2.75, 3.05) is 16.2 Å². The highest BCUT2D eigenvalue weighted by Crippen LogP contribution is 2.31. The summed E-state index contributed by atoms with van der Waals surface area (Å²) < 4.78 is 28.3. The second-order valence-corrected chi connectivity index (χ2v) is 9.90. The van der Waals surface area contributed by atoms with Crippen LogP contribution in [0.3, 0.4) is 0 Å². The zero-order chi connectivity index (χ0) is 22.0. The molecule has 0 radical (unpaired) electrons. The Morgan fingerprint density at radius 3 is 2.55 bits per heavy atom. The quantitative estimate of drug-likeness (QED) is 0.683. The van der Waals surface area contributed by atoms with E-state index in [1.807, 2.05) is 0 Å². The molecule has 0 aromatic heterocycles. The Hall–Kier alpha value is -2.87. The topological polar surface area (TPSA) is 95.6 Å². The molecule has 164 valence electrons. The van der Waals surface area contributed by atoms with Crippen LogP contribution in [-0.4, -0.2) is 32.8 Å². The van der Waals surface area contributed by atoms with Gasteiger partial charge in [0, 0.05) is 29.5 Å². The Morgan fingerprint density at radius 1 is 1.03 bits per heavy atom. The molecule has 2 amide bonds. The first-order chi connectivity index (χ1) is 14.8. The van der Waals surface area contributed by atoms with Crippen molar-refractivity contribution in [2.45, 2.75) is 56.4 Å². The zero-order valence-electron chi connectivity index (χ0n) is 17.6. The molecular formula is C23H27N3O4S. The number of carbonyl (C=O) groups excluding carboxylic acids is 2. The fourth-order valence-corrected chi connectivity index (χ4v) is 5.37. The van der Waals surface area contributed by atoms with Crippen LogP contribution >= 0.6 is 0 Å². The largest absolute Gasteiger partial charge is 0.335 e. The number of fused-ring (bicyclic) bond motifs is 1. The van der Waals surface area contributed by atoms with Crippen LogP contribution in [0.1, 0.15) is 54.9 Å². The number of nitrogens with one attached hydrogen (secondary N) is 2. The lowest BCUT2D eigenvalue weighted by atomic mass is 9.96. The standard InChI is InChI=1S/C23H27N3O4S/c1-16(27)17-6-5-9-20(14-17)25-31(29,30)21-10-11-22-18(15-21)12-13-26(22)23(28)24-19-7-3-2-4-8-19/h5-6,9-11,14-15,19,25H,2-4,7-8,12-13H2,1H3,(H,24,28). The van der Waals surface area contributed by atoms with Crippen molar-refractivity contribution < 1.29 is 18.0 Å². The SMILES string of the molecule is CC(=O)c1cccc(NS(=O)(=O)c2ccc3c(c2)CCN3C(=O)NC2CCCCC2)c1. The second kappa shape index (κ2) is 8.70. The van der Waals surface area contributed by atoms with Crippen molar-refractivity contribution in [3.05, 3.63) is 53.6 Å². The number of rotatable bonds is 5. The van der Waals surface area contributed by atoms with Crippen LogP contribution in [0.25, 0.3) is 0 Å². The van der Waals surface area contributed by atoms with Crippen LogP contribution in [0.4, 0.5) is 16.2 Å². The third kappa shape index (κ3) is 4.74. The average Bonchev–Trinajstić information content (AvgIpc) is 3.18. The van der Waals surface area contributed by atoms with Crippen molar-refractivity contribution in [3.63, 3.8) is 0 Å². The number of anilines is 2. The molecule has 7 nitrogen and oxygen atoms in total. The second-order valence-electron chi connectivity index (χ2n) is 8.22. The molecular weight excluding hydrogens is 414 g/mol. The van der Waals surface area contributed by atoms with Gasteiger partial charge in [-0.1, -0.05) is 31.4 Å². The number of hydrogen-bond acceptors (Lipinski definition) is 4. The molecule has 0 bridgehead atoms. The lowest BCUT2D eigenvalue weighted by molar-refractivity contribution is 0.101. The van der Waals surface area contributed by atoms with E-state index < -0.39 is 10.0 Å². The Labute approximate surface area is 182 Å². The molecule has 4 rings (SSSR count). The third-order valence-electron chi connectivity index (χ3n) is 5.96. The van der Waals surface area contributed by atoms with Gasteiger partial charge < -0.3 is 5.32 Å². The fourth-order valence-electron chi connectivity index (χ4n) is 4.27. The van der Waals surface area contributed by atoms with Gasteiger partial charge in [0.15, 0.2) is 5.78 Å². The molecule has 0 atom stereocenters. The highest BCUT2D eigenvalue weighted by Gasteiger charge is 2.28. The molecule has 0 saturated heterocycles. The summed E-state index contributed by atoms with van der Waals surface area (Å²) in [5.74, 6) is -0.134. The average molecular weight is 442 g/mol. The number of benzene rings is 2. The van der Waals surface area contributed by atoms with Gasteiger partial charge in [-0.05, 0) is 62.1 Å². The lowest BCUT2D eigenvalue weighted by Crippen LogP contribution is -2.45. The Balaban J connectivity index is 1.49. The Kier molecular flexibility index (Phi) is 6.00. The van der Waals surface area contributed by atoms with E-state index in [4.69, 9.17) is 0 Å². The summed E-state index contributed by atoms with van der Waals surface area (Å²) in [5.41, 5.74) is 2.36. The van der Waals surface area contributed by atoms with E-state index in [1.54, 1.807) is 35.2 Å². The van der Waals surface area contributed by atoms with E-state index in [1.165, 1.54) is 25.5 Å². The number of sulfonamides is 1. The smallest absolute Gasteiger partial charge is 0.322 e. The predicted molar refractivity (Wildman–Crippen MR) is 120 cm³/mol. The van der Waals surface area contributed by atoms with Crippen LogP contribution in [0.5, 0.6) is 0 Å². The predicted octanol–water partition coefficient (Wildman–Crippen LogP) is 4.09. The number of urea groups is 1. The van der Waals surface area contributed by atoms with Gasteiger partial charge in [-0.2, -0.15) is 0 Å². The number of ketones is 1. The van der Waals surface area contributed by atoms with Crippen molar-refractivity contribution >= 4 is 33.2 Å². The maximum atomic E-state index is 12.9. The normalized spacial score (nSPS) is 16.6. The van der Waals surface area contributed by atoms with Gasteiger partial charge in [0.2, 0.25) is 0 Å². The monoisotopic (exact) mass is 441 g/mol. The molecule has 2 aromatic carbocycles. The van der Waals surface area contributed by atoms with Crippen LogP contribution in [0, 0.1) is 0 Å². The first kappa shape index (κ1) is 21.4. The molecule has 8 heteroatoms. The highest BCUT2D eigenvalue weighted by molar-refractivity contribution is 7.92. The minimum Gasteiger partial charge on any atom is -0.335 e. The first-order valence-corrected chi connectivity index (χ1v) is 12.2. The van der Waals surface area contributed by atoms with Crippen molar-refractivity contribution in [1.82, 2.24) is 5.32 Å². The molecule has 1 heterocycles. The maximum Gasteiger partial charge on any atom is 0.322 e. The van der Waals surface area contributed by atoms with Crippen molar-refractivity contribution in [2.24, 2.45) is 0 Å². The number of Topliss-reactive ketones (excluding diaryl/α,β-unsaturated/α-hetero) is 1. The summed E-state index contributed by atoms with van der Waals surface area (Å²) in [6, 6.07) is 11.4. The van der Waals surface area contributed by atoms with Crippen LogP contribution in [-0.2, 0) is 16.4 Å². The van der Waals surface area contributed by atoms with Crippen LogP contribution < -0.4 is 14.9 Å². The van der Waals surface area contributed by atoms with Crippen molar-refractivity contribution in [3.8, 4) is 0 Å². The van der Waals surface area contributed by atoms with E-state index in [9.17, 15) is 18.0 Å². The third-order valence-corrected chi connectivity index (χ3v) is 7.34. The van der Waals surface area contributed by atoms with E-state index in [-0.39, 0.29) is 22.8 Å². The van der Waals surface area contributed by atoms with E-state index in [2.05, 4.69) is 10.0 Å². The minimum absolute atomic E-state index is 0.111. The number of amides is 2. The fraction of sp³-hybridized carbons (Fsp3) is 0.391. The summed E-state index contributed by atoms with van der Waals surface area (Å²) in [6.07, 6.45) is 6.15. The molecule has 0 spiro atoms. The molecule has 31 heavy (non-hydrogen) atoms. The van der Waals surface area contributed by atoms with Gasteiger partial charge in [-0.25, -0.2) is 13.2 Å². The van der Waals surface area contributed by atoms with Crippen molar-refractivity contribution in [1.29, 1.82) is 0 Å². The summed E-state index contributed by atoms with van der Waals surface area (Å²) in [6.45, 7) is 1.97. The Bertz CT molecular complexity index is 1110. The van der Waals surface area contributed by atoms with Gasteiger partial charge in [0.1, 0.15) is 0 Å².